The molecule has 0 radical (unpaired) electrons. The summed E-state index contributed by atoms with van der Waals surface area (Å²) in [5.41, 5.74) is 15.8. The fourth-order valence-corrected chi connectivity index (χ4v) is 15.5. The van der Waals surface area contributed by atoms with Crippen LogP contribution in [0.2, 0.25) is 0 Å². The fourth-order valence-electron chi connectivity index (χ4n) is 15.5. The first-order valence-corrected chi connectivity index (χ1v) is 39.5. The van der Waals surface area contributed by atoms with Gasteiger partial charge in [-0.2, -0.15) is 0 Å². The molecule has 614 valence electrons. The van der Waals surface area contributed by atoms with Gasteiger partial charge in [0.1, 0.15) is 41.2 Å². The maximum absolute atomic E-state index is 14.1. The van der Waals surface area contributed by atoms with Crippen LogP contribution < -0.4 is 47.9 Å². The van der Waals surface area contributed by atoms with Crippen molar-refractivity contribution in [3.05, 3.63) is 325 Å². The number of hydrogen-bond acceptors (Lipinski definition) is 10. The molecule has 119 heavy (non-hydrogen) atoms. The topological polar surface area (TPSA) is 282 Å². The van der Waals surface area contributed by atoms with E-state index in [-0.39, 0.29) is 87.9 Å². The van der Waals surface area contributed by atoms with Crippen LogP contribution >= 0.6 is 0 Å². The lowest BCUT2D eigenvalue weighted by Crippen LogP contribution is -2.32. The Balaban J connectivity index is 0.000000146. The molecular weight excluding hydrogens is 1510 g/mol. The number of likely N-dealkylation sites (tertiary alicyclic amines) is 1. The largest absolute Gasteiger partial charge is 0.355 e. The van der Waals surface area contributed by atoms with Gasteiger partial charge < -0.3 is 52.8 Å². The van der Waals surface area contributed by atoms with E-state index in [2.05, 4.69) is 53.9 Å². The highest BCUT2D eigenvalue weighted by atomic mass is 19.1. The molecule has 0 bridgehead atoms. The van der Waals surface area contributed by atoms with Crippen molar-refractivity contribution in [2.75, 3.05) is 66.4 Å². The normalized spacial score (nSPS) is 20.0. The van der Waals surface area contributed by atoms with Crippen molar-refractivity contribution in [1.82, 2.24) is 26.2 Å². The average molecular weight is 1610 g/mol. The number of para-hydroxylation sites is 3. The summed E-state index contributed by atoms with van der Waals surface area (Å²) in [7, 11) is 1.76. The fraction of sp³-hybridized carbons (Fsp3) is 0.271. The van der Waals surface area contributed by atoms with Gasteiger partial charge in [-0.25, -0.2) is 13.2 Å². The van der Waals surface area contributed by atoms with Crippen molar-refractivity contribution in [2.45, 2.75) is 98.8 Å². The Kier molecular flexibility index (Phi) is 28.4. The number of rotatable bonds is 15. The van der Waals surface area contributed by atoms with Crippen molar-refractivity contribution in [3.63, 3.8) is 0 Å². The quantitative estimate of drug-likeness (QED) is 0.0438. The molecule has 20 nitrogen and oxygen atoms in total. The van der Waals surface area contributed by atoms with Gasteiger partial charge >= 0.3 is 0 Å². The highest BCUT2D eigenvalue weighted by Gasteiger charge is 2.47. The molecule has 0 saturated carbocycles. The Morgan fingerprint density at radius 1 is 0.303 bits per heavy atom. The van der Waals surface area contributed by atoms with Gasteiger partial charge in [-0.1, -0.05) is 216 Å². The van der Waals surface area contributed by atoms with Gasteiger partial charge in [0.2, 0.25) is 59.1 Å². The second kappa shape index (κ2) is 39.1. The van der Waals surface area contributed by atoms with Crippen LogP contribution in [0.5, 0.6) is 0 Å². The maximum Gasteiger partial charge on any atom is 0.237 e. The number of aryl methyl sites for hydroxylation is 9. The second-order valence-electron chi connectivity index (χ2n) is 31.0. The molecule has 10 unspecified atom stereocenters. The number of nitrogens with one attached hydrogen (secondary N) is 9. The summed E-state index contributed by atoms with van der Waals surface area (Å²) in [6, 6.07) is 69.2. The van der Waals surface area contributed by atoms with Crippen LogP contribution in [0.4, 0.5) is 41.6 Å². The number of halogens is 3. The molecule has 0 spiro atoms. The summed E-state index contributed by atoms with van der Waals surface area (Å²) < 4.78 is 41.6. The van der Waals surface area contributed by atoms with Gasteiger partial charge in [0.15, 0.2) is 5.82 Å². The maximum atomic E-state index is 14.1. The van der Waals surface area contributed by atoms with Crippen LogP contribution in [0.1, 0.15) is 113 Å². The number of benzene rings is 10. The average Bonchev–Trinajstić information content (AvgIpc) is 1.77. The van der Waals surface area contributed by atoms with Gasteiger partial charge in [-0.15, -0.1) is 0 Å². The van der Waals surface area contributed by atoms with E-state index in [1.807, 2.05) is 243 Å². The van der Waals surface area contributed by atoms with Crippen molar-refractivity contribution in [3.8, 4) is 0 Å². The summed E-state index contributed by atoms with van der Waals surface area (Å²) in [4.78, 5) is 126. The predicted octanol–water partition coefficient (Wildman–Crippen LogP) is 14.6. The molecule has 5 aliphatic rings. The zero-order valence-electron chi connectivity index (χ0n) is 68.3. The molecule has 10 aromatic rings. The summed E-state index contributed by atoms with van der Waals surface area (Å²) in [6.07, 6.45) is 0. The molecule has 15 rings (SSSR count). The van der Waals surface area contributed by atoms with Crippen molar-refractivity contribution >= 4 is 87.5 Å². The van der Waals surface area contributed by atoms with E-state index >= 15 is 0 Å². The number of anilines is 5. The summed E-state index contributed by atoms with van der Waals surface area (Å²) in [6.45, 7) is 21.0. The lowest BCUT2D eigenvalue weighted by Gasteiger charge is -2.18. The van der Waals surface area contributed by atoms with Crippen molar-refractivity contribution < 1.29 is 61.1 Å². The number of hydrogen-bond donors (Lipinski definition) is 9. The molecule has 0 aliphatic carbocycles. The Morgan fingerprint density at radius 3 is 0.950 bits per heavy atom. The summed E-state index contributed by atoms with van der Waals surface area (Å²) >= 11 is 0. The van der Waals surface area contributed by atoms with E-state index in [9.17, 15) is 61.1 Å². The molecule has 5 aliphatic heterocycles. The lowest BCUT2D eigenvalue weighted by molar-refractivity contribution is -0.136. The molecule has 0 aromatic heterocycles. The smallest absolute Gasteiger partial charge is 0.237 e. The second-order valence-corrected chi connectivity index (χ2v) is 31.0. The Morgan fingerprint density at radius 2 is 0.597 bits per heavy atom. The predicted molar refractivity (Wildman–Crippen MR) is 456 cm³/mol. The third-order valence-corrected chi connectivity index (χ3v) is 22.3. The standard InChI is InChI=1S/C20H22N2O2.C19H18F2N2O2.C19H19FN2O2.2C19H20N2O2/c1-13-7-6-9-15(11-13)16-12-22(3)20(24)18(16)19(23)21-17-10-5-4-8-14(17)2;1-10-4-3-5-12(8-10)13-9-22-18(24)16(13)19(25)23-15-7-6-14(20)11(2)17(15)21;1-11-5-3-7-13(9-11)14-10-21-18(23)16(14)19(24)22-15-8-4-6-12(2)17(15)20;1-12-6-5-8-14(10-12)15-11-20-18(22)17(15)19(23)21-16-9-4-3-7-13(16)2;1-12-7-9-14(10-8-12)15-11-20-18(22)17(15)19(23)21-16-6-4-3-5-13(16)2/h4-11,16,18H,12H2,1-3H3,(H,21,23);3-8,13,16H,9H2,1-2H3,(H,22,24)(H,23,25);3-9,14,16H,10H2,1-2H3,(H,21,23)(H,22,24);2*3-10,15,17H,11H2,1-2H3,(H,20,22)(H,21,23). The Hall–Kier alpha value is -13.3. The molecule has 10 aromatic carbocycles. The van der Waals surface area contributed by atoms with Gasteiger partial charge in [0.25, 0.3) is 0 Å². The van der Waals surface area contributed by atoms with E-state index in [0.29, 0.717) is 38.3 Å². The molecular formula is C96H99F3N10O10. The SMILES string of the molecule is Cc1ccc(C2CNC(=O)C2C(=O)Nc2ccccc2C)cc1.Cc1cccc(C2CN(C)C(=O)C2C(=O)Nc2ccccc2C)c1.Cc1cccc(C2CNC(=O)C2C(=O)Nc2ccc(F)c(C)c2F)c1.Cc1cccc(C2CNC(=O)C2C(=O)Nc2cccc(C)c2F)c1.Cc1cccc(C2CNC(=O)C2C(=O)Nc2ccccc2C)c1. The number of carbonyl (C=O) groups is 10. The number of amides is 10. The Bertz CT molecular complexity index is 5480. The van der Waals surface area contributed by atoms with Crippen LogP contribution in [0.3, 0.4) is 0 Å². The van der Waals surface area contributed by atoms with Crippen molar-refractivity contribution in [1.29, 1.82) is 0 Å². The van der Waals surface area contributed by atoms with E-state index in [4.69, 9.17) is 0 Å². The first kappa shape index (κ1) is 86.5. The molecule has 9 N–H and O–H groups in total. The van der Waals surface area contributed by atoms with Crippen LogP contribution in [-0.4, -0.2) is 104 Å². The lowest BCUT2D eigenvalue weighted by atomic mass is 9.87. The minimum absolute atomic E-state index is 0.0997. The Labute approximate surface area is 691 Å². The molecule has 5 saturated heterocycles. The monoisotopic (exact) mass is 1610 g/mol. The minimum Gasteiger partial charge on any atom is -0.355 e. The first-order valence-electron chi connectivity index (χ1n) is 39.5. The molecule has 10 atom stereocenters. The van der Waals surface area contributed by atoms with Crippen LogP contribution in [0.25, 0.3) is 0 Å². The van der Waals surface area contributed by atoms with E-state index in [0.717, 1.165) is 102 Å². The zero-order valence-corrected chi connectivity index (χ0v) is 68.3. The van der Waals surface area contributed by atoms with Gasteiger partial charge in [0.05, 0.1) is 11.4 Å². The molecule has 5 heterocycles. The zero-order chi connectivity index (χ0) is 85.5. The van der Waals surface area contributed by atoms with E-state index < -0.39 is 64.8 Å². The van der Waals surface area contributed by atoms with Gasteiger partial charge in [0, 0.05) is 92.0 Å². The molecule has 23 heteroatoms. The first-order chi connectivity index (χ1) is 56.9. The summed E-state index contributed by atoms with van der Waals surface area (Å²) in [5.74, 6) is -9.97. The highest BCUT2D eigenvalue weighted by Crippen LogP contribution is 2.38. The van der Waals surface area contributed by atoms with Crippen LogP contribution in [-0.2, 0) is 47.9 Å². The third-order valence-electron chi connectivity index (χ3n) is 22.3. The number of carbonyl (C=O) groups excluding carboxylic acids is 10. The van der Waals surface area contributed by atoms with Crippen molar-refractivity contribution in [2.24, 2.45) is 29.6 Å². The number of likely N-dealkylation sites (N-methyl/N-ethyl adjacent to an activating group) is 1. The van der Waals surface area contributed by atoms with E-state index in [1.165, 1.54) is 13.0 Å². The van der Waals surface area contributed by atoms with Gasteiger partial charge in [-0.05, 0) is 156 Å². The third kappa shape index (κ3) is 21.1. The molecule has 10 amide bonds. The van der Waals surface area contributed by atoms with E-state index in [1.54, 1.807) is 31.0 Å². The minimum atomic E-state index is -0.966. The van der Waals surface area contributed by atoms with Crippen LogP contribution in [0.15, 0.2) is 224 Å². The molecule has 5 fully saturated rings. The summed E-state index contributed by atoms with van der Waals surface area (Å²) in [5, 5.41) is 24.8. The van der Waals surface area contributed by atoms with Crippen LogP contribution in [0, 0.1) is 116 Å². The highest BCUT2D eigenvalue weighted by molar-refractivity contribution is 6.12. The van der Waals surface area contributed by atoms with Gasteiger partial charge in [-0.3, -0.25) is 47.9 Å². The number of nitrogens with zero attached hydrogens (tertiary/aromatic N) is 1.